The Morgan fingerprint density at radius 3 is 3.00 bits per heavy atom. The Labute approximate surface area is 51.0 Å². The number of aliphatic hydroxyl groups excluding tert-OH is 1. The number of cyclic esters (lactones) is 1. The second-order valence-corrected chi connectivity index (χ2v) is 2.49. The van der Waals surface area contributed by atoms with Gasteiger partial charge in [-0.15, -0.1) is 11.8 Å². The van der Waals surface area contributed by atoms with Crippen LogP contribution < -0.4 is 0 Å². The Bertz CT molecular complexity index is 103. The smallest absolute Gasteiger partial charge is 0.318 e. The van der Waals surface area contributed by atoms with E-state index < -0.39 is 6.29 Å². The second kappa shape index (κ2) is 2.37. The summed E-state index contributed by atoms with van der Waals surface area (Å²) in [6.07, 6.45) is -0.874. The highest BCUT2D eigenvalue weighted by molar-refractivity contribution is 8.00. The molecule has 1 heterocycles. The van der Waals surface area contributed by atoms with Crippen LogP contribution in [0.5, 0.6) is 0 Å². The van der Waals surface area contributed by atoms with Crippen LogP contribution in [0, 0.1) is 0 Å². The molecule has 0 aromatic rings. The van der Waals surface area contributed by atoms with Crippen molar-refractivity contribution in [2.45, 2.75) is 6.29 Å². The summed E-state index contributed by atoms with van der Waals surface area (Å²) in [4.78, 5) is 10.3. The van der Waals surface area contributed by atoms with Crippen molar-refractivity contribution in [3.63, 3.8) is 0 Å². The van der Waals surface area contributed by atoms with Crippen molar-refractivity contribution < 1.29 is 14.6 Å². The maximum atomic E-state index is 10.3. The van der Waals surface area contributed by atoms with E-state index >= 15 is 0 Å². The number of rotatable bonds is 0. The third kappa shape index (κ3) is 1.38. The molecule has 1 saturated heterocycles. The van der Waals surface area contributed by atoms with Crippen LogP contribution in [-0.2, 0) is 9.53 Å². The zero-order valence-corrected chi connectivity index (χ0v) is 4.98. The summed E-state index contributed by atoms with van der Waals surface area (Å²) < 4.78 is 4.38. The van der Waals surface area contributed by atoms with Crippen molar-refractivity contribution in [1.82, 2.24) is 0 Å². The number of carbonyl (C=O) groups excluding carboxylic acids is 1. The lowest BCUT2D eigenvalue weighted by molar-refractivity contribution is -0.161. The van der Waals surface area contributed by atoms with Crippen LogP contribution in [0.4, 0.5) is 0 Å². The first-order valence-corrected chi connectivity index (χ1v) is 3.40. The number of esters is 1. The molecule has 0 amide bonds. The van der Waals surface area contributed by atoms with E-state index in [1.165, 1.54) is 11.8 Å². The van der Waals surface area contributed by atoms with Crippen molar-refractivity contribution in [2.24, 2.45) is 0 Å². The van der Waals surface area contributed by atoms with Gasteiger partial charge in [0.05, 0.1) is 11.5 Å². The first-order chi connectivity index (χ1) is 3.79. The number of hydrogen-bond donors (Lipinski definition) is 1. The molecule has 0 aromatic carbocycles. The largest absolute Gasteiger partial charge is 0.434 e. The van der Waals surface area contributed by atoms with Crippen molar-refractivity contribution in [3.05, 3.63) is 0 Å². The zero-order chi connectivity index (χ0) is 5.98. The van der Waals surface area contributed by atoms with Crippen LogP contribution >= 0.6 is 11.8 Å². The minimum Gasteiger partial charge on any atom is -0.434 e. The Morgan fingerprint density at radius 2 is 2.62 bits per heavy atom. The van der Waals surface area contributed by atoms with Gasteiger partial charge < -0.3 is 9.84 Å². The van der Waals surface area contributed by atoms with Crippen molar-refractivity contribution in [1.29, 1.82) is 0 Å². The summed E-state index contributed by atoms with van der Waals surface area (Å²) in [5, 5.41) is 8.62. The quantitative estimate of drug-likeness (QED) is 0.458. The number of ether oxygens (including phenoxy) is 1. The van der Waals surface area contributed by atoms with E-state index in [9.17, 15) is 4.79 Å². The molecule has 1 N–H and O–H groups in total. The van der Waals surface area contributed by atoms with Gasteiger partial charge in [-0.25, -0.2) is 0 Å². The molecule has 1 unspecified atom stereocenters. The van der Waals surface area contributed by atoms with E-state index in [0.717, 1.165) is 0 Å². The Kier molecular flexibility index (Phi) is 1.75. The summed E-state index contributed by atoms with van der Waals surface area (Å²) in [6, 6.07) is 0. The average molecular weight is 134 g/mol. The maximum absolute atomic E-state index is 10.3. The van der Waals surface area contributed by atoms with Crippen LogP contribution in [0.15, 0.2) is 0 Å². The highest BCUT2D eigenvalue weighted by Crippen LogP contribution is 2.10. The predicted molar refractivity (Wildman–Crippen MR) is 29.4 cm³/mol. The molecule has 1 atom stereocenters. The molecule has 0 spiro atoms. The van der Waals surface area contributed by atoms with E-state index in [1.54, 1.807) is 0 Å². The fourth-order valence-corrected chi connectivity index (χ4v) is 1.09. The van der Waals surface area contributed by atoms with E-state index in [4.69, 9.17) is 5.11 Å². The molecule has 46 valence electrons. The minimum absolute atomic E-state index is 0.325. The number of aliphatic hydroxyl groups is 1. The number of thioether (sulfide) groups is 1. The molecule has 1 aliphatic heterocycles. The SMILES string of the molecule is O=C1CSCC(O)O1. The second-order valence-electron chi connectivity index (χ2n) is 1.46. The van der Waals surface area contributed by atoms with Crippen LogP contribution in [0.2, 0.25) is 0 Å². The number of carbonyl (C=O) groups is 1. The van der Waals surface area contributed by atoms with Crippen molar-refractivity contribution in [3.8, 4) is 0 Å². The lowest BCUT2D eigenvalue weighted by Crippen LogP contribution is -2.26. The molecule has 1 rings (SSSR count). The first-order valence-electron chi connectivity index (χ1n) is 2.24. The van der Waals surface area contributed by atoms with Gasteiger partial charge in [-0.05, 0) is 0 Å². The van der Waals surface area contributed by atoms with E-state index in [-0.39, 0.29) is 5.97 Å². The predicted octanol–water partition coefficient (Wildman–Crippen LogP) is -0.405. The highest BCUT2D eigenvalue weighted by Gasteiger charge is 2.16. The Hall–Kier alpha value is -0.220. The molecule has 3 nitrogen and oxygen atoms in total. The zero-order valence-electron chi connectivity index (χ0n) is 4.16. The van der Waals surface area contributed by atoms with E-state index in [2.05, 4.69) is 4.74 Å². The molecule has 0 bridgehead atoms. The normalized spacial score (nSPS) is 29.6. The summed E-state index contributed by atoms with van der Waals surface area (Å²) in [5.41, 5.74) is 0. The molecule has 1 fully saturated rings. The fraction of sp³-hybridized carbons (Fsp3) is 0.750. The molecule has 0 radical (unpaired) electrons. The van der Waals surface area contributed by atoms with Gasteiger partial charge in [0.1, 0.15) is 0 Å². The van der Waals surface area contributed by atoms with E-state index in [1.807, 2.05) is 0 Å². The van der Waals surface area contributed by atoms with Gasteiger partial charge in [0.25, 0.3) is 0 Å². The summed E-state index contributed by atoms with van der Waals surface area (Å²) in [7, 11) is 0. The molecular formula is C4H6O3S. The van der Waals surface area contributed by atoms with Gasteiger partial charge >= 0.3 is 5.97 Å². The molecular weight excluding hydrogens is 128 g/mol. The summed E-state index contributed by atoms with van der Waals surface area (Å²) in [6.45, 7) is 0. The molecule has 4 heteroatoms. The molecule has 0 aliphatic carbocycles. The summed E-state index contributed by atoms with van der Waals surface area (Å²) in [5.74, 6) is 0.553. The Balaban J connectivity index is 2.34. The molecule has 8 heavy (non-hydrogen) atoms. The first kappa shape index (κ1) is 5.91. The average Bonchev–Trinajstić information content (AvgIpc) is 1.64. The van der Waals surface area contributed by atoms with Gasteiger partial charge in [-0.2, -0.15) is 0 Å². The summed E-state index contributed by atoms with van der Waals surface area (Å²) >= 11 is 1.39. The molecule has 0 aromatic heterocycles. The fourth-order valence-electron chi connectivity index (χ4n) is 0.463. The van der Waals surface area contributed by atoms with Crippen LogP contribution in [0.1, 0.15) is 0 Å². The van der Waals surface area contributed by atoms with Gasteiger partial charge in [-0.3, -0.25) is 4.79 Å². The Morgan fingerprint density at radius 1 is 1.88 bits per heavy atom. The highest BCUT2D eigenvalue weighted by atomic mass is 32.2. The monoisotopic (exact) mass is 134 g/mol. The van der Waals surface area contributed by atoms with Crippen molar-refractivity contribution in [2.75, 3.05) is 11.5 Å². The topological polar surface area (TPSA) is 46.5 Å². The third-order valence-electron chi connectivity index (χ3n) is 0.748. The van der Waals surface area contributed by atoms with Gasteiger partial charge in [0.2, 0.25) is 6.29 Å². The van der Waals surface area contributed by atoms with Gasteiger partial charge in [-0.1, -0.05) is 0 Å². The third-order valence-corrected chi connectivity index (χ3v) is 1.71. The lowest BCUT2D eigenvalue weighted by atomic mass is 10.7. The van der Waals surface area contributed by atoms with Gasteiger partial charge in [0, 0.05) is 0 Å². The van der Waals surface area contributed by atoms with Crippen LogP contribution in [0.25, 0.3) is 0 Å². The maximum Gasteiger partial charge on any atom is 0.318 e. The van der Waals surface area contributed by atoms with Crippen LogP contribution in [0.3, 0.4) is 0 Å². The minimum atomic E-state index is -0.874. The van der Waals surface area contributed by atoms with Gasteiger partial charge in [0.15, 0.2) is 0 Å². The molecule has 0 saturated carbocycles. The van der Waals surface area contributed by atoms with E-state index in [0.29, 0.717) is 11.5 Å². The van der Waals surface area contributed by atoms with Crippen molar-refractivity contribution >= 4 is 17.7 Å². The number of hydrogen-bond acceptors (Lipinski definition) is 4. The lowest BCUT2D eigenvalue weighted by Gasteiger charge is -2.15. The standard InChI is InChI=1S/C4H6O3S/c5-3-1-8-2-4(6)7-3/h3,5H,1-2H2. The molecule has 1 aliphatic rings. The van der Waals surface area contributed by atoms with Crippen LogP contribution in [-0.4, -0.2) is 28.9 Å².